The first-order valence-electron chi connectivity index (χ1n) is 6.27. The van der Waals surface area contributed by atoms with Crippen LogP contribution in [0.15, 0.2) is 22.7 Å². The van der Waals surface area contributed by atoms with Crippen molar-refractivity contribution < 1.29 is 14.7 Å². The third-order valence-electron chi connectivity index (χ3n) is 2.79. The minimum atomic E-state index is -0.874. The lowest BCUT2D eigenvalue weighted by Gasteiger charge is -2.15. The van der Waals surface area contributed by atoms with E-state index >= 15 is 0 Å². The zero-order valence-electron chi connectivity index (χ0n) is 11.3. The van der Waals surface area contributed by atoms with Crippen LogP contribution >= 0.6 is 38.5 Å². The van der Waals surface area contributed by atoms with Gasteiger partial charge in [0.15, 0.2) is 0 Å². The molecule has 1 atom stereocenters. The van der Waals surface area contributed by atoms with Crippen LogP contribution in [-0.2, 0) is 4.79 Å². The summed E-state index contributed by atoms with van der Waals surface area (Å²) in [4.78, 5) is 23.2. The first kappa shape index (κ1) is 17.4. The molecule has 1 amide bonds. The second kappa shape index (κ2) is 7.97. The van der Waals surface area contributed by atoms with Crippen LogP contribution in [0.1, 0.15) is 30.6 Å². The molecule has 0 aromatic heterocycles. The Kier molecular flexibility index (Phi) is 6.94. The van der Waals surface area contributed by atoms with E-state index in [1.165, 1.54) is 0 Å². The average Bonchev–Trinajstić information content (AvgIpc) is 2.36. The van der Waals surface area contributed by atoms with Gasteiger partial charge in [0.2, 0.25) is 0 Å². The van der Waals surface area contributed by atoms with Crippen molar-refractivity contribution in [2.75, 3.05) is 6.54 Å². The monoisotopic (exact) mass is 453 g/mol. The number of aliphatic carboxylic acids is 1. The highest BCUT2D eigenvalue weighted by Gasteiger charge is 2.20. The van der Waals surface area contributed by atoms with Crippen LogP contribution in [0.5, 0.6) is 0 Å². The van der Waals surface area contributed by atoms with Gasteiger partial charge in [-0.15, -0.1) is 0 Å². The minimum Gasteiger partial charge on any atom is -0.481 e. The van der Waals surface area contributed by atoms with Crippen LogP contribution in [-0.4, -0.2) is 23.5 Å². The Morgan fingerprint density at radius 3 is 2.60 bits per heavy atom. The van der Waals surface area contributed by atoms with Gasteiger partial charge in [0.1, 0.15) is 0 Å². The predicted molar refractivity (Wildman–Crippen MR) is 89.8 cm³/mol. The molecule has 1 aromatic carbocycles. The fraction of sp³-hybridized carbons (Fsp3) is 0.429. The Balaban J connectivity index is 2.70. The van der Waals surface area contributed by atoms with E-state index in [2.05, 4.69) is 43.8 Å². The zero-order chi connectivity index (χ0) is 15.3. The van der Waals surface area contributed by atoms with Gasteiger partial charge in [-0.2, -0.15) is 0 Å². The van der Waals surface area contributed by atoms with E-state index in [9.17, 15) is 9.59 Å². The van der Waals surface area contributed by atoms with E-state index in [4.69, 9.17) is 5.11 Å². The summed E-state index contributed by atoms with van der Waals surface area (Å²) in [5, 5.41) is 11.8. The number of rotatable bonds is 6. The number of nitrogens with one attached hydrogen (secondary N) is 1. The molecule has 0 saturated carbocycles. The molecule has 1 unspecified atom stereocenters. The maximum Gasteiger partial charge on any atom is 0.308 e. The lowest BCUT2D eigenvalue weighted by molar-refractivity contribution is -0.142. The molecule has 0 bridgehead atoms. The molecule has 1 aromatic rings. The van der Waals surface area contributed by atoms with Crippen LogP contribution in [0.2, 0.25) is 0 Å². The van der Waals surface area contributed by atoms with Gasteiger partial charge in [0.05, 0.1) is 11.5 Å². The van der Waals surface area contributed by atoms with Crippen molar-refractivity contribution in [3.05, 3.63) is 31.8 Å². The Morgan fingerprint density at radius 2 is 2.05 bits per heavy atom. The Labute approximate surface area is 140 Å². The summed E-state index contributed by atoms with van der Waals surface area (Å²) in [7, 11) is 0. The molecule has 2 N–H and O–H groups in total. The van der Waals surface area contributed by atoms with Crippen LogP contribution in [0.4, 0.5) is 0 Å². The van der Waals surface area contributed by atoms with E-state index in [0.717, 1.165) is 3.57 Å². The molecule has 4 nitrogen and oxygen atoms in total. The highest BCUT2D eigenvalue weighted by molar-refractivity contribution is 14.1. The first-order chi connectivity index (χ1) is 9.31. The fourth-order valence-electron chi connectivity index (χ4n) is 1.82. The predicted octanol–water partition coefficient (Wildman–Crippen LogP) is 3.53. The fourth-order valence-corrected chi connectivity index (χ4v) is 2.74. The van der Waals surface area contributed by atoms with Gasteiger partial charge in [0, 0.05) is 14.6 Å². The molecule has 0 fully saturated rings. The third kappa shape index (κ3) is 5.40. The SMILES string of the molecule is CC(C)CC(CNC(=O)c1cc(I)ccc1Br)C(=O)O. The third-order valence-corrected chi connectivity index (χ3v) is 4.15. The molecule has 20 heavy (non-hydrogen) atoms. The van der Waals surface area contributed by atoms with Crippen molar-refractivity contribution in [3.63, 3.8) is 0 Å². The van der Waals surface area contributed by atoms with Gasteiger partial charge in [0.25, 0.3) is 5.91 Å². The molecule has 0 saturated heterocycles. The maximum atomic E-state index is 12.1. The van der Waals surface area contributed by atoms with E-state index in [-0.39, 0.29) is 18.4 Å². The van der Waals surface area contributed by atoms with E-state index in [1.807, 2.05) is 19.9 Å². The number of halogens is 2. The molecule has 0 aliphatic rings. The highest BCUT2D eigenvalue weighted by atomic mass is 127. The standard InChI is InChI=1S/C14H17BrINO3/c1-8(2)5-9(14(19)20)7-17-13(18)11-6-10(16)3-4-12(11)15/h3-4,6,8-9H,5,7H2,1-2H3,(H,17,18)(H,19,20). The smallest absolute Gasteiger partial charge is 0.308 e. The molecule has 6 heteroatoms. The van der Waals surface area contributed by atoms with Crippen LogP contribution < -0.4 is 5.32 Å². The number of carboxylic acids is 1. The number of carboxylic acid groups (broad SMARTS) is 1. The summed E-state index contributed by atoms with van der Waals surface area (Å²) in [6.45, 7) is 4.08. The van der Waals surface area contributed by atoms with Crippen molar-refractivity contribution in [1.82, 2.24) is 5.32 Å². The molecule has 0 radical (unpaired) electrons. The van der Waals surface area contributed by atoms with Crippen molar-refractivity contribution in [2.45, 2.75) is 20.3 Å². The number of amides is 1. The van der Waals surface area contributed by atoms with Gasteiger partial charge in [-0.1, -0.05) is 13.8 Å². The van der Waals surface area contributed by atoms with Crippen molar-refractivity contribution in [2.24, 2.45) is 11.8 Å². The molecule has 0 aliphatic heterocycles. The number of hydrogen-bond acceptors (Lipinski definition) is 2. The van der Waals surface area contributed by atoms with Crippen molar-refractivity contribution in [3.8, 4) is 0 Å². The zero-order valence-corrected chi connectivity index (χ0v) is 15.1. The van der Waals surface area contributed by atoms with Gasteiger partial charge < -0.3 is 10.4 Å². The Hall–Kier alpha value is -0.630. The second-order valence-electron chi connectivity index (χ2n) is 5.00. The molecule has 0 heterocycles. The van der Waals surface area contributed by atoms with Gasteiger partial charge >= 0.3 is 5.97 Å². The molecular formula is C14H17BrINO3. The van der Waals surface area contributed by atoms with Crippen LogP contribution in [0.3, 0.4) is 0 Å². The maximum absolute atomic E-state index is 12.1. The second-order valence-corrected chi connectivity index (χ2v) is 7.10. The summed E-state index contributed by atoms with van der Waals surface area (Å²) in [6.07, 6.45) is 0.545. The molecule has 1 rings (SSSR count). The number of carbonyl (C=O) groups is 2. The Bertz CT molecular complexity index is 505. The quantitative estimate of drug-likeness (QED) is 0.647. The normalized spacial score (nSPS) is 12.2. The summed E-state index contributed by atoms with van der Waals surface area (Å²) < 4.78 is 1.65. The lowest BCUT2D eigenvalue weighted by atomic mass is 9.97. The molecule has 110 valence electrons. The average molecular weight is 454 g/mol. The largest absolute Gasteiger partial charge is 0.481 e. The summed E-state index contributed by atoms with van der Waals surface area (Å²) in [6, 6.07) is 5.46. The van der Waals surface area contributed by atoms with Crippen molar-refractivity contribution >= 4 is 50.4 Å². The van der Waals surface area contributed by atoms with Gasteiger partial charge in [-0.3, -0.25) is 9.59 Å². The van der Waals surface area contributed by atoms with Gasteiger partial charge in [-0.05, 0) is 69.1 Å². The Morgan fingerprint density at radius 1 is 1.40 bits per heavy atom. The molecule has 0 spiro atoms. The van der Waals surface area contributed by atoms with Crippen molar-refractivity contribution in [1.29, 1.82) is 0 Å². The number of hydrogen-bond donors (Lipinski definition) is 2. The van der Waals surface area contributed by atoms with Crippen LogP contribution in [0, 0.1) is 15.4 Å². The molecular weight excluding hydrogens is 437 g/mol. The highest BCUT2D eigenvalue weighted by Crippen LogP contribution is 2.19. The lowest BCUT2D eigenvalue weighted by Crippen LogP contribution is -2.33. The van der Waals surface area contributed by atoms with E-state index < -0.39 is 11.9 Å². The van der Waals surface area contributed by atoms with E-state index in [0.29, 0.717) is 16.5 Å². The molecule has 0 aliphatic carbocycles. The van der Waals surface area contributed by atoms with Gasteiger partial charge in [-0.25, -0.2) is 0 Å². The van der Waals surface area contributed by atoms with E-state index in [1.54, 1.807) is 12.1 Å². The summed E-state index contributed by atoms with van der Waals surface area (Å²) in [5.74, 6) is -1.41. The van der Waals surface area contributed by atoms with Crippen LogP contribution in [0.25, 0.3) is 0 Å². The topological polar surface area (TPSA) is 66.4 Å². The minimum absolute atomic E-state index is 0.143. The summed E-state index contributed by atoms with van der Waals surface area (Å²) in [5.41, 5.74) is 0.519. The number of carbonyl (C=O) groups excluding carboxylic acids is 1. The first-order valence-corrected chi connectivity index (χ1v) is 8.14. The number of benzene rings is 1. The summed E-state index contributed by atoms with van der Waals surface area (Å²) >= 11 is 5.46.